The Labute approximate surface area is 171 Å². The highest BCUT2D eigenvalue weighted by Gasteiger charge is 2.23. The lowest BCUT2D eigenvalue weighted by Gasteiger charge is -2.06. The van der Waals surface area contributed by atoms with Crippen molar-refractivity contribution in [3.8, 4) is 5.88 Å². The fourth-order valence-corrected chi connectivity index (χ4v) is 2.43. The van der Waals surface area contributed by atoms with Crippen molar-refractivity contribution in [2.45, 2.75) is 6.92 Å². The first-order chi connectivity index (χ1) is 14.1. The molecule has 0 amide bonds. The highest BCUT2D eigenvalue weighted by molar-refractivity contribution is 6.30. The largest absolute Gasteiger partial charge is 0.466 e. The number of hydrogen-bond acceptors (Lipinski definition) is 7. The maximum atomic E-state index is 12.3. The number of hydrogen-bond donors (Lipinski definition) is 0. The van der Waals surface area contributed by atoms with Crippen molar-refractivity contribution in [1.29, 1.82) is 0 Å². The molecule has 0 aliphatic heterocycles. The molecule has 3 aromatic rings. The first-order valence-corrected chi connectivity index (χ1v) is 9.10. The van der Waals surface area contributed by atoms with Gasteiger partial charge in [0.1, 0.15) is 0 Å². The van der Waals surface area contributed by atoms with Gasteiger partial charge >= 0.3 is 5.97 Å². The summed E-state index contributed by atoms with van der Waals surface area (Å²) in [7, 11) is 0. The van der Waals surface area contributed by atoms with Crippen molar-refractivity contribution in [2.75, 3.05) is 13.2 Å². The second-order valence-electron chi connectivity index (χ2n) is 5.73. The molecule has 0 spiro atoms. The number of carbonyl (C=O) groups excluding carboxylic acids is 2. The van der Waals surface area contributed by atoms with E-state index in [4.69, 9.17) is 21.1 Å². The fraction of sp³-hybridized carbons (Fsp3) is 0.150. The summed E-state index contributed by atoms with van der Waals surface area (Å²) in [6.07, 6.45) is 1.49. The summed E-state index contributed by atoms with van der Waals surface area (Å²) in [5.74, 6) is -1.07. The van der Waals surface area contributed by atoms with Gasteiger partial charge in [0.05, 0.1) is 12.8 Å². The van der Waals surface area contributed by atoms with Gasteiger partial charge in [0.2, 0.25) is 5.69 Å². The van der Waals surface area contributed by atoms with Crippen LogP contribution in [0.1, 0.15) is 33.3 Å². The Hall–Kier alpha value is -3.52. The lowest BCUT2D eigenvalue weighted by molar-refractivity contribution is 0.0512. The molecule has 1 heterocycles. The summed E-state index contributed by atoms with van der Waals surface area (Å²) >= 11 is 5.87. The van der Waals surface area contributed by atoms with E-state index >= 15 is 0 Å². The Balaban J connectivity index is 1.83. The molecule has 0 unspecified atom stereocenters. The molecular weight excluding hydrogens is 396 g/mol. The van der Waals surface area contributed by atoms with Crippen LogP contribution in [-0.2, 0) is 4.74 Å². The molecular formula is C20H17ClN4O4. The van der Waals surface area contributed by atoms with Crippen LogP contribution < -0.4 is 4.74 Å². The second-order valence-corrected chi connectivity index (χ2v) is 6.16. The third-order valence-corrected chi connectivity index (χ3v) is 3.96. The van der Waals surface area contributed by atoms with E-state index in [9.17, 15) is 9.59 Å². The Bertz CT molecular complexity index is 1020. The summed E-state index contributed by atoms with van der Waals surface area (Å²) in [5.41, 5.74) is 1.06. The van der Waals surface area contributed by atoms with Gasteiger partial charge in [-0.3, -0.25) is 4.79 Å². The molecule has 0 N–H and O–H groups in total. The number of aromatic nitrogens is 3. The quantitative estimate of drug-likeness (QED) is 0.320. The first-order valence-electron chi connectivity index (χ1n) is 8.72. The number of Topliss-reactive ketones (excluding diaryl/α,β-unsaturated/α-hetero) is 1. The number of halogens is 1. The number of ether oxygens (including phenoxy) is 2. The minimum absolute atomic E-state index is 0.0852. The maximum Gasteiger partial charge on any atom is 0.364 e. The molecule has 1 aromatic heterocycles. The van der Waals surface area contributed by atoms with Crippen LogP contribution in [0.3, 0.4) is 0 Å². The topological polar surface area (TPSA) is 95.7 Å². The van der Waals surface area contributed by atoms with E-state index in [-0.39, 0.29) is 30.6 Å². The van der Waals surface area contributed by atoms with E-state index in [1.807, 2.05) is 0 Å². The molecule has 0 aliphatic rings. The SMILES string of the molecule is CCOC(=O)c1nnn(/N=C\c2ccc(Cl)cc2)c1OCC(=O)c1ccccc1. The molecule has 8 nitrogen and oxygen atoms in total. The number of nitrogens with zero attached hydrogens (tertiary/aromatic N) is 4. The van der Waals surface area contributed by atoms with Gasteiger partial charge in [-0.1, -0.05) is 58.9 Å². The number of benzene rings is 2. The molecule has 2 aromatic carbocycles. The zero-order valence-electron chi connectivity index (χ0n) is 15.5. The van der Waals surface area contributed by atoms with E-state index in [1.54, 1.807) is 61.5 Å². The standard InChI is InChI=1S/C20H17ClN4O4/c1-2-28-20(27)18-19(29-13-17(26)15-6-4-3-5-7-15)25(24-23-18)22-12-14-8-10-16(21)11-9-14/h3-12H,2,13H2,1H3/b22-12-. The zero-order chi connectivity index (χ0) is 20.6. The van der Waals surface area contributed by atoms with E-state index in [1.165, 1.54) is 6.21 Å². The predicted octanol–water partition coefficient (Wildman–Crippen LogP) is 3.25. The van der Waals surface area contributed by atoms with Crippen molar-refractivity contribution >= 4 is 29.6 Å². The molecule has 9 heteroatoms. The van der Waals surface area contributed by atoms with Crippen LogP contribution >= 0.6 is 11.6 Å². The molecule has 0 atom stereocenters. The summed E-state index contributed by atoms with van der Waals surface area (Å²) < 4.78 is 10.5. The van der Waals surface area contributed by atoms with Crippen molar-refractivity contribution in [2.24, 2.45) is 5.10 Å². The Kier molecular flexibility index (Phi) is 6.70. The monoisotopic (exact) mass is 412 g/mol. The van der Waals surface area contributed by atoms with E-state index in [2.05, 4.69) is 15.4 Å². The van der Waals surface area contributed by atoms with Gasteiger partial charge in [0, 0.05) is 10.6 Å². The highest BCUT2D eigenvalue weighted by atomic mass is 35.5. The van der Waals surface area contributed by atoms with Gasteiger partial charge in [0.15, 0.2) is 12.4 Å². The number of rotatable bonds is 8. The molecule has 0 bridgehead atoms. The third kappa shape index (κ3) is 5.26. The lowest BCUT2D eigenvalue weighted by Crippen LogP contribution is -2.15. The van der Waals surface area contributed by atoms with Crippen molar-refractivity contribution < 1.29 is 19.1 Å². The Morgan fingerprint density at radius 3 is 2.55 bits per heavy atom. The van der Waals surface area contributed by atoms with E-state index in [0.29, 0.717) is 10.6 Å². The normalized spacial score (nSPS) is 10.8. The van der Waals surface area contributed by atoms with Crippen molar-refractivity contribution in [1.82, 2.24) is 15.1 Å². The van der Waals surface area contributed by atoms with Crippen LogP contribution in [0.5, 0.6) is 5.88 Å². The number of ketones is 1. The lowest BCUT2D eigenvalue weighted by atomic mass is 10.1. The van der Waals surface area contributed by atoms with Gasteiger partial charge in [-0.05, 0) is 29.8 Å². The molecule has 0 aliphatic carbocycles. The molecule has 3 rings (SSSR count). The van der Waals surface area contributed by atoms with Crippen LogP contribution in [0, 0.1) is 0 Å². The molecule has 148 valence electrons. The van der Waals surface area contributed by atoms with Gasteiger partial charge < -0.3 is 9.47 Å². The van der Waals surface area contributed by atoms with E-state index in [0.717, 1.165) is 10.4 Å². The van der Waals surface area contributed by atoms with Gasteiger partial charge in [-0.2, -0.15) is 5.10 Å². The number of esters is 1. The highest BCUT2D eigenvalue weighted by Crippen LogP contribution is 2.18. The third-order valence-electron chi connectivity index (χ3n) is 3.70. The van der Waals surface area contributed by atoms with Crippen LogP contribution in [0.4, 0.5) is 0 Å². The van der Waals surface area contributed by atoms with Gasteiger partial charge in [-0.25, -0.2) is 4.79 Å². The average molecular weight is 413 g/mol. The molecule has 0 saturated carbocycles. The van der Waals surface area contributed by atoms with Gasteiger partial charge in [-0.15, -0.1) is 5.10 Å². The summed E-state index contributed by atoms with van der Waals surface area (Å²) in [6, 6.07) is 15.6. The van der Waals surface area contributed by atoms with Crippen LogP contribution in [0.15, 0.2) is 59.7 Å². The molecule has 0 fully saturated rings. The molecule has 0 radical (unpaired) electrons. The van der Waals surface area contributed by atoms with Crippen LogP contribution in [0.2, 0.25) is 5.02 Å². The first kappa shape index (κ1) is 20.2. The molecule has 29 heavy (non-hydrogen) atoms. The summed E-state index contributed by atoms with van der Waals surface area (Å²) in [4.78, 5) is 25.5. The fourth-order valence-electron chi connectivity index (χ4n) is 2.31. The van der Waals surface area contributed by atoms with Crippen molar-refractivity contribution in [3.05, 3.63) is 76.4 Å². The second kappa shape index (κ2) is 9.61. The Morgan fingerprint density at radius 1 is 1.14 bits per heavy atom. The Morgan fingerprint density at radius 2 is 1.86 bits per heavy atom. The minimum Gasteiger partial charge on any atom is -0.466 e. The van der Waals surface area contributed by atoms with Crippen LogP contribution in [-0.4, -0.2) is 46.3 Å². The maximum absolute atomic E-state index is 12.3. The average Bonchev–Trinajstić information content (AvgIpc) is 3.15. The van der Waals surface area contributed by atoms with Crippen molar-refractivity contribution in [3.63, 3.8) is 0 Å². The summed E-state index contributed by atoms with van der Waals surface area (Å²) in [5, 5.41) is 12.3. The number of carbonyl (C=O) groups is 2. The zero-order valence-corrected chi connectivity index (χ0v) is 16.2. The summed E-state index contributed by atoms with van der Waals surface area (Å²) in [6.45, 7) is 1.50. The van der Waals surface area contributed by atoms with E-state index < -0.39 is 5.97 Å². The van der Waals surface area contributed by atoms with Crippen LogP contribution in [0.25, 0.3) is 0 Å². The predicted molar refractivity (Wildman–Crippen MR) is 107 cm³/mol. The molecule has 0 saturated heterocycles. The van der Waals surface area contributed by atoms with Gasteiger partial charge in [0.25, 0.3) is 5.88 Å². The minimum atomic E-state index is -0.720. The smallest absolute Gasteiger partial charge is 0.364 e.